The van der Waals surface area contributed by atoms with Crippen LogP contribution in [0.25, 0.3) is 0 Å². The molecule has 0 fully saturated rings. The maximum absolute atomic E-state index is 11.9. The molecule has 1 rings (SSSR count). The molecular weight excluding hydrogens is 248 g/mol. The Morgan fingerprint density at radius 1 is 1.06 bits per heavy atom. The summed E-state index contributed by atoms with van der Waals surface area (Å²) in [6, 6.07) is 0. The summed E-state index contributed by atoms with van der Waals surface area (Å²) in [6.07, 6.45) is 3.83. The predicted octanol–water partition coefficient (Wildman–Crippen LogP) is 2.96. The first-order valence-corrected chi connectivity index (χ1v) is 13.0. The van der Waals surface area contributed by atoms with E-state index in [-0.39, 0.29) is 11.9 Å². The summed E-state index contributed by atoms with van der Waals surface area (Å²) < 4.78 is 12.1. The Morgan fingerprint density at radius 3 is 2.06 bits per heavy atom. The molecule has 0 aromatic carbocycles. The van der Waals surface area contributed by atoms with E-state index in [1.165, 1.54) is 0 Å². The first-order valence-electron chi connectivity index (χ1n) is 6.14. The van der Waals surface area contributed by atoms with E-state index in [2.05, 4.69) is 39.3 Å². The van der Waals surface area contributed by atoms with Crippen molar-refractivity contribution in [3.05, 3.63) is 12.2 Å². The van der Waals surface area contributed by atoms with Crippen LogP contribution >= 0.6 is 0 Å². The summed E-state index contributed by atoms with van der Waals surface area (Å²) in [5.74, 6) is 0.0573. The standard InChI is InChI=1S/C12H24O3Si2/c1-16(2,3)14-11-9-7-8-10(13)12(11)15-17(4,5)6/h7-8,11-12H,9H2,1-6H3/t11-,12+/m1/s1. The van der Waals surface area contributed by atoms with Gasteiger partial charge in [0.1, 0.15) is 6.10 Å². The third-order valence-electron chi connectivity index (χ3n) is 2.25. The zero-order chi connectivity index (χ0) is 13.3. The van der Waals surface area contributed by atoms with Crippen molar-refractivity contribution in [1.82, 2.24) is 0 Å². The van der Waals surface area contributed by atoms with Crippen LogP contribution in [0.4, 0.5) is 0 Å². The van der Waals surface area contributed by atoms with Crippen molar-refractivity contribution in [2.75, 3.05) is 0 Å². The number of carbonyl (C=O) groups is 1. The summed E-state index contributed by atoms with van der Waals surface area (Å²) in [5.41, 5.74) is 0. The maximum Gasteiger partial charge on any atom is 0.185 e. The van der Waals surface area contributed by atoms with Crippen LogP contribution in [0.3, 0.4) is 0 Å². The summed E-state index contributed by atoms with van der Waals surface area (Å²) >= 11 is 0. The Bertz CT molecular complexity index is 313. The highest BCUT2D eigenvalue weighted by Gasteiger charge is 2.36. The average Bonchev–Trinajstić information content (AvgIpc) is 2.07. The molecule has 0 aliphatic heterocycles. The van der Waals surface area contributed by atoms with Crippen LogP contribution in [0.2, 0.25) is 39.3 Å². The van der Waals surface area contributed by atoms with Gasteiger partial charge in [-0.2, -0.15) is 0 Å². The van der Waals surface area contributed by atoms with E-state index in [1.54, 1.807) is 6.08 Å². The summed E-state index contributed by atoms with van der Waals surface area (Å²) in [4.78, 5) is 11.9. The lowest BCUT2D eigenvalue weighted by atomic mass is 10.0. The van der Waals surface area contributed by atoms with Crippen molar-refractivity contribution in [2.24, 2.45) is 0 Å². The van der Waals surface area contributed by atoms with Gasteiger partial charge < -0.3 is 8.85 Å². The minimum absolute atomic E-state index is 0.0573. The molecule has 17 heavy (non-hydrogen) atoms. The minimum Gasteiger partial charge on any atom is -0.411 e. The first-order chi connectivity index (χ1) is 7.58. The van der Waals surface area contributed by atoms with Gasteiger partial charge in [0, 0.05) is 0 Å². The van der Waals surface area contributed by atoms with Gasteiger partial charge in [-0.15, -0.1) is 0 Å². The SMILES string of the molecule is C[Si](C)(C)O[C@@H]1CC=CC(=O)[C@@H]1O[Si](C)(C)C. The van der Waals surface area contributed by atoms with Crippen molar-refractivity contribution in [2.45, 2.75) is 57.9 Å². The zero-order valence-electron chi connectivity index (χ0n) is 11.7. The highest BCUT2D eigenvalue weighted by Crippen LogP contribution is 2.23. The molecule has 5 heteroatoms. The highest BCUT2D eigenvalue weighted by molar-refractivity contribution is 6.70. The topological polar surface area (TPSA) is 35.5 Å². The van der Waals surface area contributed by atoms with Crippen molar-refractivity contribution >= 4 is 22.4 Å². The van der Waals surface area contributed by atoms with Gasteiger partial charge in [0.25, 0.3) is 0 Å². The molecule has 0 heterocycles. The van der Waals surface area contributed by atoms with Crippen LogP contribution in [0.15, 0.2) is 12.2 Å². The molecule has 0 unspecified atom stereocenters. The van der Waals surface area contributed by atoms with Crippen LogP contribution in [0, 0.1) is 0 Å². The first kappa shape index (κ1) is 14.8. The maximum atomic E-state index is 11.9. The average molecular weight is 272 g/mol. The van der Waals surface area contributed by atoms with Gasteiger partial charge >= 0.3 is 0 Å². The van der Waals surface area contributed by atoms with Gasteiger partial charge in [0.05, 0.1) is 6.10 Å². The van der Waals surface area contributed by atoms with Crippen molar-refractivity contribution in [1.29, 1.82) is 0 Å². The van der Waals surface area contributed by atoms with Gasteiger partial charge in [-0.25, -0.2) is 0 Å². The molecule has 0 saturated carbocycles. The Morgan fingerprint density at radius 2 is 1.59 bits per heavy atom. The van der Waals surface area contributed by atoms with Gasteiger partial charge in [-0.1, -0.05) is 6.08 Å². The molecule has 0 N–H and O–H groups in total. The Kier molecular flexibility index (Phi) is 4.51. The molecule has 0 aromatic rings. The third kappa shape index (κ3) is 5.29. The molecular formula is C12H24O3Si2. The molecule has 0 spiro atoms. The second kappa shape index (κ2) is 5.18. The highest BCUT2D eigenvalue weighted by atomic mass is 28.4. The van der Waals surface area contributed by atoms with Crippen molar-refractivity contribution in [3.63, 3.8) is 0 Å². The smallest absolute Gasteiger partial charge is 0.185 e. The minimum atomic E-state index is -1.72. The van der Waals surface area contributed by atoms with Crippen molar-refractivity contribution < 1.29 is 13.6 Å². The van der Waals surface area contributed by atoms with Gasteiger partial charge in [-0.05, 0) is 51.8 Å². The van der Waals surface area contributed by atoms with E-state index in [1.807, 2.05) is 6.08 Å². The second-order valence-corrected chi connectivity index (χ2v) is 15.4. The lowest BCUT2D eigenvalue weighted by Gasteiger charge is -2.36. The monoisotopic (exact) mass is 272 g/mol. The molecule has 0 radical (unpaired) electrons. The molecule has 2 atom stereocenters. The molecule has 98 valence electrons. The van der Waals surface area contributed by atoms with Gasteiger partial charge in [-0.3, -0.25) is 4.79 Å². The second-order valence-electron chi connectivity index (χ2n) is 6.46. The Labute approximate surface area is 106 Å². The van der Waals surface area contributed by atoms with E-state index in [9.17, 15) is 4.79 Å². The zero-order valence-corrected chi connectivity index (χ0v) is 13.7. The summed E-state index contributed by atoms with van der Waals surface area (Å²) in [6.45, 7) is 12.7. The fourth-order valence-corrected chi connectivity index (χ4v) is 3.96. The number of carbonyl (C=O) groups excluding carboxylic acids is 1. The molecule has 0 bridgehead atoms. The summed E-state index contributed by atoms with van der Waals surface area (Å²) in [5, 5.41) is 0. The van der Waals surface area contributed by atoms with E-state index < -0.39 is 22.7 Å². The fraction of sp³-hybridized carbons (Fsp3) is 0.750. The van der Waals surface area contributed by atoms with Crippen molar-refractivity contribution in [3.8, 4) is 0 Å². The van der Waals surface area contributed by atoms with Gasteiger partial charge in [0.2, 0.25) is 0 Å². The molecule has 3 nitrogen and oxygen atoms in total. The quantitative estimate of drug-likeness (QED) is 0.738. The lowest BCUT2D eigenvalue weighted by molar-refractivity contribution is -0.126. The predicted molar refractivity (Wildman–Crippen MR) is 75.2 cm³/mol. The van der Waals surface area contributed by atoms with Gasteiger partial charge in [0.15, 0.2) is 22.4 Å². The van der Waals surface area contributed by atoms with Crippen LogP contribution < -0.4 is 0 Å². The fourth-order valence-electron chi connectivity index (χ4n) is 1.80. The number of hydrogen-bond donors (Lipinski definition) is 0. The van der Waals surface area contributed by atoms with Crippen LogP contribution in [-0.2, 0) is 13.6 Å². The van der Waals surface area contributed by atoms with E-state index >= 15 is 0 Å². The molecule has 0 aromatic heterocycles. The Hall–Kier alpha value is -0.236. The molecule has 1 aliphatic rings. The van der Waals surface area contributed by atoms with Crippen LogP contribution in [0.5, 0.6) is 0 Å². The molecule has 0 saturated heterocycles. The molecule has 1 aliphatic carbocycles. The van der Waals surface area contributed by atoms with E-state index in [0.29, 0.717) is 0 Å². The Balaban J connectivity index is 2.79. The van der Waals surface area contributed by atoms with E-state index in [4.69, 9.17) is 8.85 Å². The van der Waals surface area contributed by atoms with Crippen LogP contribution in [-0.4, -0.2) is 34.6 Å². The summed E-state index contributed by atoms with van der Waals surface area (Å²) in [7, 11) is -3.36. The lowest BCUT2D eigenvalue weighted by Crippen LogP contribution is -2.49. The number of hydrogen-bond acceptors (Lipinski definition) is 3. The largest absolute Gasteiger partial charge is 0.411 e. The van der Waals surface area contributed by atoms with E-state index in [0.717, 1.165) is 6.42 Å². The number of ketones is 1. The number of rotatable bonds is 4. The molecule has 0 amide bonds. The normalized spacial score (nSPS) is 26.4. The third-order valence-corrected chi connectivity index (χ3v) is 4.22. The van der Waals surface area contributed by atoms with Crippen LogP contribution in [0.1, 0.15) is 6.42 Å².